The van der Waals surface area contributed by atoms with Crippen molar-refractivity contribution in [2.75, 3.05) is 13.7 Å². The number of aromatic nitrogens is 1. The van der Waals surface area contributed by atoms with Gasteiger partial charge in [-0.25, -0.2) is 13.2 Å². The van der Waals surface area contributed by atoms with Crippen molar-refractivity contribution in [3.63, 3.8) is 0 Å². The van der Waals surface area contributed by atoms with E-state index in [9.17, 15) is 27.9 Å². The average molecular weight is 485 g/mol. The number of pyridine rings is 1. The van der Waals surface area contributed by atoms with Gasteiger partial charge in [0.1, 0.15) is 12.2 Å². The van der Waals surface area contributed by atoms with Crippen molar-refractivity contribution in [3.05, 3.63) is 99.5 Å². The molecule has 0 atom stereocenters. The predicted molar refractivity (Wildman–Crippen MR) is 124 cm³/mol. The highest BCUT2D eigenvalue weighted by molar-refractivity contribution is 7.89. The molecule has 0 radical (unpaired) electrons. The van der Waals surface area contributed by atoms with Gasteiger partial charge in [-0.15, -0.1) is 0 Å². The molecule has 0 aliphatic heterocycles. The number of aromatic carboxylic acids is 1. The second-order valence-electron chi connectivity index (χ2n) is 7.58. The quantitative estimate of drug-likeness (QED) is 0.462. The lowest BCUT2D eigenvalue weighted by molar-refractivity contribution is -0.140. The molecule has 0 saturated carbocycles. The van der Waals surface area contributed by atoms with Crippen molar-refractivity contribution in [1.29, 1.82) is 0 Å². The maximum absolute atomic E-state index is 13.3. The Morgan fingerprint density at radius 3 is 2.24 bits per heavy atom. The van der Waals surface area contributed by atoms with E-state index >= 15 is 0 Å². The lowest BCUT2D eigenvalue weighted by Gasteiger charge is -2.23. The standard InChI is InChI=1S/C24H24N2O7S/c1-17-8-11-20(12-9-17)34(31,32)25(16-22(28)33-2)15-19-10-13-21(27)26(23(19)24(29)30)14-18-6-4-3-5-7-18/h3-13H,14-16H2,1-2H3,(H,29,30). The summed E-state index contributed by atoms with van der Waals surface area (Å²) in [4.78, 5) is 36.7. The van der Waals surface area contributed by atoms with Crippen molar-refractivity contribution in [2.24, 2.45) is 0 Å². The molecule has 3 aromatic rings. The molecular weight excluding hydrogens is 460 g/mol. The minimum Gasteiger partial charge on any atom is -0.477 e. The van der Waals surface area contributed by atoms with E-state index in [1.165, 1.54) is 24.3 Å². The molecular formula is C24H24N2O7S. The van der Waals surface area contributed by atoms with Gasteiger partial charge in [0.25, 0.3) is 5.56 Å². The number of rotatable bonds is 9. The lowest BCUT2D eigenvalue weighted by Crippen LogP contribution is -2.37. The predicted octanol–water partition coefficient (Wildman–Crippen LogP) is 2.27. The van der Waals surface area contributed by atoms with Crippen LogP contribution in [0.1, 0.15) is 27.2 Å². The van der Waals surface area contributed by atoms with Crippen LogP contribution in [-0.4, -0.2) is 48.0 Å². The molecule has 178 valence electrons. The Morgan fingerprint density at radius 2 is 1.65 bits per heavy atom. The summed E-state index contributed by atoms with van der Waals surface area (Å²) >= 11 is 0. The monoisotopic (exact) mass is 484 g/mol. The third-order valence-electron chi connectivity index (χ3n) is 5.19. The Bertz CT molecular complexity index is 1350. The second-order valence-corrected chi connectivity index (χ2v) is 9.52. The summed E-state index contributed by atoms with van der Waals surface area (Å²) in [7, 11) is -3.07. The van der Waals surface area contributed by atoms with Gasteiger partial charge in [0.05, 0.1) is 18.6 Å². The van der Waals surface area contributed by atoms with Gasteiger partial charge in [0, 0.05) is 12.6 Å². The van der Waals surface area contributed by atoms with Crippen LogP contribution >= 0.6 is 0 Å². The maximum Gasteiger partial charge on any atom is 0.352 e. The van der Waals surface area contributed by atoms with Crippen LogP contribution in [0.5, 0.6) is 0 Å². The van der Waals surface area contributed by atoms with Gasteiger partial charge >= 0.3 is 11.9 Å². The van der Waals surface area contributed by atoms with E-state index in [1.807, 2.05) is 0 Å². The molecule has 0 spiro atoms. The van der Waals surface area contributed by atoms with Gasteiger partial charge in [-0.05, 0) is 36.2 Å². The Kier molecular flexibility index (Phi) is 7.64. The molecule has 0 fully saturated rings. The molecule has 0 aliphatic carbocycles. The van der Waals surface area contributed by atoms with Crippen LogP contribution in [0.15, 0.2) is 76.4 Å². The SMILES string of the molecule is COC(=O)CN(Cc1ccc(=O)n(Cc2ccccc2)c1C(=O)O)S(=O)(=O)c1ccc(C)cc1. The minimum atomic E-state index is -4.19. The van der Waals surface area contributed by atoms with Gasteiger partial charge in [-0.3, -0.25) is 14.2 Å². The van der Waals surface area contributed by atoms with E-state index in [-0.39, 0.29) is 22.7 Å². The van der Waals surface area contributed by atoms with Crippen LogP contribution in [0.25, 0.3) is 0 Å². The molecule has 1 N–H and O–H groups in total. The first-order chi connectivity index (χ1) is 16.1. The molecule has 34 heavy (non-hydrogen) atoms. The number of hydrogen-bond donors (Lipinski definition) is 1. The lowest BCUT2D eigenvalue weighted by atomic mass is 10.1. The van der Waals surface area contributed by atoms with Gasteiger partial charge in [-0.2, -0.15) is 4.31 Å². The number of aryl methyl sites for hydroxylation is 1. The molecule has 0 unspecified atom stereocenters. The fourth-order valence-corrected chi connectivity index (χ4v) is 4.77. The summed E-state index contributed by atoms with van der Waals surface area (Å²) in [5.74, 6) is -2.21. The highest BCUT2D eigenvalue weighted by Crippen LogP contribution is 2.21. The van der Waals surface area contributed by atoms with Crippen LogP contribution in [0, 0.1) is 6.92 Å². The van der Waals surface area contributed by atoms with Gasteiger partial charge in [0.2, 0.25) is 10.0 Å². The summed E-state index contributed by atoms with van der Waals surface area (Å²) in [6.45, 7) is 0.695. The molecule has 0 aliphatic rings. The highest BCUT2D eigenvalue weighted by Gasteiger charge is 2.29. The Labute approximate surface area is 196 Å². The molecule has 2 aromatic carbocycles. The zero-order chi connectivity index (χ0) is 24.9. The van der Waals surface area contributed by atoms with Gasteiger partial charge in [0.15, 0.2) is 0 Å². The molecule has 10 heteroatoms. The normalized spacial score (nSPS) is 11.4. The molecule has 3 rings (SSSR count). The largest absolute Gasteiger partial charge is 0.477 e. The second kappa shape index (κ2) is 10.4. The zero-order valence-corrected chi connectivity index (χ0v) is 19.5. The van der Waals surface area contributed by atoms with Crippen molar-refractivity contribution >= 4 is 22.0 Å². The first kappa shape index (κ1) is 24.9. The van der Waals surface area contributed by atoms with Crippen LogP contribution in [0.3, 0.4) is 0 Å². The zero-order valence-electron chi connectivity index (χ0n) is 18.7. The summed E-state index contributed by atoms with van der Waals surface area (Å²) in [6.07, 6.45) is 0. The van der Waals surface area contributed by atoms with Gasteiger partial charge in [-0.1, -0.05) is 48.0 Å². The van der Waals surface area contributed by atoms with Crippen molar-refractivity contribution < 1.29 is 27.9 Å². The summed E-state index contributed by atoms with van der Waals surface area (Å²) in [6, 6.07) is 17.3. The van der Waals surface area contributed by atoms with Crippen LogP contribution in [-0.2, 0) is 32.6 Å². The van der Waals surface area contributed by atoms with Crippen molar-refractivity contribution in [1.82, 2.24) is 8.87 Å². The van der Waals surface area contributed by atoms with E-state index < -0.39 is 40.6 Å². The van der Waals surface area contributed by atoms with E-state index in [4.69, 9.17) is 0 Å². The number of benzene rings is 2. The number of sulfonamides is 1. The van der Waals surface area contributed by atoms with E-state index in [2.05, 4.69) is 4.74 Å². The third kappa shape index (κ3) is 5.59. The first-order valence-corrected chi connectivity index (χ1v) is 11.7. The van der Waals surface area contributed by atoms with Crippen LogP contribution in [0.4, 0.5) is 0 Å². The highest BCUT2D eigenvalue weighted by atomic mass is 32.2. The Hall–Kier alpha value is -3.76. The summed E-state index contributed by atoms with van der Waals surface area (Å²) < 4.78 is 33.2. The average Bonchev–Trinajstić information content (AvgIpc) is 2.81. The van der Waals surface area contributed by atoms with E-state index in [1.54, 1.807) is 49.4 Å². The molecule has 9 nitrogen and oxygen atoms in total. The van der Waals surface area contributed by atoms with E-state index in [0.717, 1.165) is 21.5 Å². The molecule has 1 heterocycles. The van der Waals surface area contributed by atoms with Crippen LogP contribution < -0.4 is 5.56 Å². The number of methoxy groups -OCH3 is 1. The number of hydrogen-bond acceptors (Lipinski definition) is 6. The molecule has 0 saturated heterocycles. The first-order valence-electron chi connectivity index (χ1n) is 10.3. The van der Waals surface area contributed by atoms with Gasteiger partial charge < -0.3 is 9.84 Å². The van der Waals surface area contributed by atoms with Crippen LogP contribution in [0.2, 0.25) is 0 Å². The smallest absolute Gasteiger partial charge is 0.352 e. The molecule has 0 bridgehead atoms. The third-order valence-corrected chi connectivity index (χ3v) is 7.00. The maximum atomic E-state index is 13.3. The molecule has 0 amide bonds. The number of carboxylic acid groups (broad SMARTS) is 1. The number of carboxylic acids is 1. The Morgan fingerprint density at radius 1 is 1.00 bits per heavy atom. The number of nitrogens with zero attached hydrogens (tertiary/aromatic N) is 2. The molecule has 1 aromatic heterocycles. The number of carbonyl (C=O) groups excluding carboxylic acids is 1. The minimum absolute atomic E-state index is 0.0170. The fraction of sp³-hybridized carbons (Fsp3) is 0.208. The summed E-state index contributed by atoms with van der Waals surface area (Å²) in [5, 5.41) is 9.92. The van der Waals surface area contributed by atoms with E-state index in [0.29, 0.717) is 5.56 Å². The number of ether oxygens (including phenoxy) is 1. The number of carbonyl (C=O) groups is 2. The number of esters is 1. The summed E-state index contributed by atoms with van der Waals surface area (Å²) in [5.41, 5.74) is 0.696. The topological polar surface area (TPSA) is 123 Å². The Balaban J connectivity index is 2.09. The fourth-order valence-electron chi connectivity index (χ4n) is 3.41. The van der Waals surface area contributed by atoms with Crippen molar-refractivity contribution in [3.8, 4) is 0 Å². The van der Waals surface area contributed by atoms with Crippen molar-refractivity contribution in [2.45, 2.75) is 24.9 Å².